The van der Waals surface area contributed by atoms with Crippen LogP contribution in [0.5, 0.6) is 0 Å². The highest BCUT2D eigenvalue weighted by Crippen LogP contribution is 2.10. The molecule has 0 spiro atoms. The molecule has 0 fully saturated rings. The van der Waals surface area contributed by atoms with Crippen LogP contribution in [0.25, 0.3) is 0 Å². The zero-order valence-corrected chi connectivity index (χ0v) is 13.4. The molecule has 1 amide bonds. The van der Waals surface area contributed by atoms with Gasteiger partial charge in [0.05, 0.1) is 6.61 Å². The zero-order chi connectivity index (χ0) is 16.7. The van der Waals surface area contributed by atoms with Crippen molar-refractivity contribution in [2.45, 2.75) is 26.3 Å². The van der Waals surface area contributed by atoms with Crippen molar-refractivity contribution in [2.24, 2.45) is 0 Å². The number of carbonyl (C=O) groups is 1. The van der Waals surface area contributed by atoms with Crippen LogP contribution in [-0.4, -0.2) is 40.2 Å². The summed E-state index contributed by atoms with van der Waals surface area (Å²) in [7, 11) is 0. The lowest BCUT2D eigenvalue weighted by Gasteiger charge is -2.19. The molecule has 0 bridgehead atoms. The third kappa shape index (κ3) is 5.34. The van der Waals surface area contributed by atoms with Gasteiger partial charge >= 0.3 is 0 Å². The number of benzene rings is 1. The molecule has 0 saturated heterocycles. The van der Waals surface area contributed by atoms with Crippen LogP contribution in [0.15, 0.2) is 36.4 Å². The van der Waals surface area contributed by atoms with Crippen LogP contribution in [0.1, 0.15) is 17.0 Å². The third-order valence-corrected chi connectivity index (χ3v) is 3.30. The van der Waals surface area contributed by atoms with E-state index in [1.165, 1.54) is 0 Å². The maximum Gasteiger partial charge on any atom is 0.243 e. The number of nitrogens with zero attached hydrogens (tertiary/aromatic N) is 2. The van der Waals surface area contributed by atoms with Crippen LogP contribution < -0.4 is 10.6 Å². The molecule has 0 aliphatic rings. The Morgan fingerprint density at radius 3 is 2.43 bits per heavy atom. The van der Waals surface area contributed by atoms with E-state index >= 15 is 0 Å². The van der Waals surface area contributed by atoms with Crippen molar-refractivity contribution in [1.29, 1.82) is 0 Å². The van der Waals surface area contributed by atoms with Crippen LogP contribution in [0, 0.1) is 13.8 Å². The van der Waals surface area contributed by atoms with Gasteiger partial charge in [0.2, 0.25) is 11.9 Å². The number of aromatic nitrogens is 2. The van der Waals surface area contributed by atoms with Crippen LogP contribution in [0.4, 0.5) is 5.95 Å². The summed E-state index contributed by atoms with van der Waals surface area (Å²) in [6.07, 6.45) is 0.508. The molecule has 1 atom stereocenters. The number of carbonyl (C=O) groups excluding carboxylic acids is 1. The zero-order valence-electron chi connectivity index (χ0n) is 13.4. The number of rotatable bonds is 7. The molecule has 6 heteroatoms. The summed E-state index contributed by atoms with van der Waals surface area (Å²) >= 11 is 0. The van der Waals surface area contributed by atoms with Gasteiger partial charge < -0.3 is 15.7 Å². The van der Waals surface area contributed by atoms with Crippen molar-refractivity contribution in [3.63, 3.8) is 0 Å². The summed E-state index contributed by atoms with van der Waals surface area (Å²) in [6, 6.07) is 11.1. The minimum atomic E-state index is -0.509. The first-order valence-corrected chi connectivity index (χ1v) is 7.60. The molecule has 2 rings (SSSR count). The number of aliphatic hydroxyl groups excluding tert-OH is 1. The monoisotopic (exact) mass is 314 g/mol. The molecule has 2 aromatic rings. The second-order valence-electron chi connectivity index (χ2n) is 5.38. The smallest absolute Gasteiger partial charge is 0.243 e. The fourth-order valence-electron chi connectivity index (χ4n) is 2.31. The number of aliphatic hydroxyl groups is 1. The number of nitrogens with one attached hydrogen (secondary N) is 2. The Kier molecular flexibility index (Phi) is 6.05. The average Bonchev–Trinajstić information content (AvgIpc) is 2.52. The van der Waals surface area contributed by atoms with Gasteiger partial charge in [-0.1, -0.05) is 30.3 Å². The highest BCUT2D eigenvalue weighted by molar-refractivity contribution is 5.84. The largest absolute Gasteiger partial charge is 0.395 e. The van der Waals surface area contributed by atoms with E-state index in [2.05, 4.69) is 20.6 Å². The standard InChI is InChI=1S/C17H22N4O2/c1-12-10-13(2)20-17(19-12)21-15(16(23)18-8-9-22)11-14-6-4-3-5-7-14/h3-7,10,15,22H,8-9,11H2,1-2H3,(H,18,23)(H,19,20,21)/t15-/m1/s1. The molecule has 3 N–H and O–H groups in total. The molecule has 23 heavy (non-hydrogen) atoms. The molecule has 0 saturated carbocycles. The molecule has 6 nitrogen and oxygen atoms in total. The molecule has 0 aliphatic carbocycles. The number of hydrogen-bond donors (Lipinski definition) is 3. The summed E-state index contributed by atoms with van der Waals surface area (Å²) < 4.78 is 0. The highest BCUT2D eigenvalue weighted by Gasteiger charge is 2.19. The second kappa shape index (κ2) is 8.24. The fraction of sp³-hybridized carbons (Fsp3) is 0.353. The number of amides is 1. The van der Waals surface area contributed by atoms with E-state index < -0.39 is 6.04 Å². The minimum Gasteiger partial charge on any atom is -0.395 e. The first kappa shape index (κ1) is 16.9. The van der Waals surface area contributed by atoms with Crippen LogP contribution in [-0.2, 0) is 11.2 Å². The van der Waals surface area contributed by atoms with Crippen molar-refractivity contribution in [3.8, 4) is 0 Å². The van der Waals surface area contributed by atoms with Gasteiger partial charge in [0, 0.05) is 24.4 Å². The summed E-state index contributed by atoms with van der Waals surface area (Å²) in [4.78, 5) is 21.0. The van der Waals surface area contributed by atoms with Gasteiger partial charge in [0.25, 0.3) is 0 Å². The van der Waals surface area contributed by atoms with Gasteiger partial charge in [-0.05, 0) is 25.5 Å². The molecule has 0 aliphatic heterocycles. The van der Waals surface area contributed by atoms with Gasteiger partial charge in [0.1, 0.15) is 6.04 Å². The van der Waals surface area contributed by atoms with Crippen molar-refractivity contribution in [2.75, 3.05) is 18.5 Å². The highest BCUT2D eigenvalue weighted by atomic mass is 16.3. The topological polar surface area (TPSA) is 87.1 Å². The molecule has 0 radical (unpaired) electrons. The minimum absolute atomic E-state index is 0.0934. The predicted octanol–water partition coefficient (Wildman–Crippen LogP) is 1.23. The third-order valence-electron chi connectivity index (χ3n) is 3.30. The molecule has 0 unspecified atom stereocenters. The second-order valence-corrected chi connectivity index (χ2v) is 5.38. The van der Waals surface area contributed by atoms with Crippen molar-refractivity contribution in [1.82, 2.24) is 15.3 Å². The quantitative estimate of drug-likeness (QED) is 0.715. The SMILES string of the molecule is Cc1cc(C)nc(N[C@H](Cc2ccccc2)C(=O)NCCO)n1. The van der Waals surface area contributed by atoms with Gasteiger partial charge in [-0.15, -0.1) is 0 Å². The number of hydrogen-bond acceptors (Lipinski definition) is 5. The van der Waals surface area contributed by atoms with Gasteiger partial charge in [-0.3, -0.25) is 4.79 Å². The number of aryl methyl sites for hydroxylation is 2. The van der Waals surface area contributed by atoms with Crippen LogP contribution >= 0.6 is 0 Å². The van der Waals surface area contributed by atoms with Crippen molar-refractivity contribution < 1.29 is 9.90 Å². The Labute approximate surface area is 136 Å². The summed E-state index contributed by atoms with van der Waals surface area (Å²) in [5.74, 6) is 0.244. The van der Waals surface area contributed by atoms with Gasteiger partial charge in [-0.2, -0.15) is 0 Å². The lowest BCUT2D eigenvalue weighted by atomic mass is 10.1. The lowest BCUT2D eigenvalue weighted by molar-refractivity contribution is -0.122. The molecular weight excluding hydrogens is 292 g/mol. The lowest BCUT2D eigenvalue weighted by Crippen LogP contribution is -2.42. The summed E-state index contributed by atoms with van der Waals surface area (Å²) in [5, 5.41) is 14.7. The fourth-order valence-corrected chi connectivity index (χ4v) is 2.31. The Bertz CT molecular complexity index is 626. The Balaban J connectivity index is 2.16. The summed E-state index contributed by atoms with van der Waals surface area (Å²) in [6.45, 7) is 3.90. The van der Waals surface area contributed by atoms with Crippen LogP contribution in [0.2, 0.25) is 0 Å². The predicted molar refractivity (Wildman–Crippen MR) is 89.2 cm³/mol. The Hall–Kier alpha value is -2.47. The maximum atomic E-state index is 12.3. The van der Waals surface area contributed by atoms with Crippen LogP contribution in [0.3, 0.4) is 0 Å². The molecule has 1 aromatic carbocycles. The van der Waals surface area contributed by atoms with E-state index in [9.17, 15) is 4.79 Å². The maximum absolute atomic E-state index is 12.3. The molecule has 1 heterocycles. The van der Waals surface area contributed by atoms with E-state index in [0.717, 1.165) is 17.0 Å². The van der Waals surface area contributed by atoms with E-state index in [1.807, 2.05) is 50.2 Å². The molecule has 1 aromatic heterocycles. The van der Waals surface area contributed by atoms with E-state index in [-0.39, 0.29) is 19.1 Å². The van der Waals surface area contributed by atoms with E-state index in [0.29, 0.717) is 12.4 Å². The van der Waals surface area contributed by atoms with E-state index in [4.69, 9.17) is 5.11 Å². The average molecular weight is 314 g/mol. The van der Waals surface area contributed by atoms with E-state index in [1.54, 1.807) is 0 Å². The Morgan fingerprint density at radius 2 is 1.83 bits per heavy atom. The number of anilines is 1. The Morgan fingerprint density at radius 1 is 1.17 bits per heavy atom. The van der Waals surface area contributed by atoms with Crippen molar-refractivity contribution in [3.05, 3.63) is 53.3 Å². The first-order chi connectivity index (χ1) is 11.1. The van der Waals surface area contributed by atoms with Gasteiger partial charge in [0.15, 0.2) is 0 Å². The van der Waals surface area contributed by atoms with Gasteiger partial charge in [-0.25, -0.2) is 9.97 Å². The normalized spacial score (nSPS) is 11.8. The molecule has 122 valence electrons. The summed E-state index contributed by atoms with van der Waals surface area (Å²) in [5.41, 5.74) is 2.72. The first-order valence-electron chi connectivity index (χ1n) is 7.60. The molecular formula is C17H22N4O2. The van der Waals surface area contributed by atoms with Crippen molar-refractivity contribution >= 4 is 11.9 Å².